The molecule has 1 N–H and O–H groups in total. The van der Waals surface area contributed by atoms with Gasteiger partial charge in [0.05, 0.1) is 18.6 Å². The van der Waals surface area contributed by atoms with Crippen LogP contribution in [0.15, 0.2) is 109 Å². The van der Waals surface area contributed by atoms with Crippen LogP contribution in [0.3, 0.4) is 0 Å². The van der Waals surface area contributed by atoms with Crippen molar-refractivity contribution in [2.75, 3.05) is 13.1 Å². The van der Waals surface area contributed by atoms with Crippen molar-refractivity contribution in [3.05, 3.63) is 115 Å². The van der Waals surface area contributed by atoms with E-state index < -0.39 is 16.2 Å². The monoisotopic (exact) mass is 541 g/mol. The van der Waals surface area contributed by atoms with Crippen LogP contribution in [0, 0.1) is 11.8 Å². The average Bonchev–Trinajstić information content (AvgIpc) is 2.97. The number of benzene rings is 3. The zero-order chi connectivity index (χ0) is 27.0. The molecule has 3 fully saturated rings. The van der Waals surface area contributed by atoms with Gasteiger partial charge in [-0.05, 0) is 47.9 Å². The first kappa shape index (κ1) is 25.7. The Balaban J connectivity index is 1.30. The summed E-state index contributed by atoms with van der Waals surface area (Å²) in [5.74, 6) is 1.19. The lowest BCUT2D eigenvalue weighted by Crippen LogP contribution is -2.67. The highest BCUT2D eigenvalue weighted by atomic mass is 32.2. The second-order valence-electron chi connectivity index (χ2n) is 10.9. The molecule has 1 aromatic heterocycles. The third-order valence-electron chi connectivity index (χ3n) is 8.70. The van der Waals surface area contributed by atoms with Gasteiger partial charge in [0.1, 0.15) is 29.3 Å². The molecule has 3 aliphatic rings. The zero-order valence-corrected chi connectivity index (χ0v) is 22.6. The molecule has 7 heteroatoms. The van der Waals surface area contributed by atoms with Gasteiger partial charge in [0, 0.05) is 35.9 Å². The van der Waals surface area contributed by atoms with Crippen molar-refractivity contribution in [1.82, 2.24) is 4.98 Å². The average molecular weight is 542 g/mol. The topological polar surface area (TPSA) is 76.5 Å². The van der Waals surface area contributed by atoms with Crippen molar-refractivity contribution in [2.45, 2.75) is 36.4 Å². The van der Waals surface area contributed by atoms with Gasteiger partial charge in [-0.3, -0.25) is 4.98 Å². The second kappa shape index (κ2) is 10.2. The van der Waals surface area contributed by atoms with Crippen LogP contribution in [0.5, 0.6) is 5.75 Å². The molecule has 3 saturated heterocycles. The summed E-state index contributed by atoms with van der Waals surface area (Å²) in [5, 5.41) is 12.9. The van der Waals surface area contributed by atoms with Gasteiger partial charge in [0.2, 0.25) is 0 Å². The Morgan fingerprint density at radius 2 is 1.77 bits per heavy atom. The Morgan fingerprint density at radius 1 is 1.03 bits per heavy atom. The first-order chi connectivity index (χ1) is 18.9. The van der Waals surface area contributed by atoms with Crippen molar-refractivity contribution in [1.29, 1.82) is 0 Å². The minimum Gasteiger partial charge on any atom is -0.382 e. The first-order valence-corrected chi connectivity index (χ1v) is 14.9. The van der Waals surface area contributed by atoms with E-state index in [9.17, 15) is 13.5 Å². The number of rotatable bonds is 8. The standard InChI is InChI=1S/C32H33N2O4S/c1-2-24-22-34(21-23-12-14-27(15-13-23)39(36,37)38-26-8-4-3-5-9-26)19-17-25(24)20-31(34)32(35)29-16-18-33-30-11-7-6-10-28(29)30/h2-16,18,24-25,31-32,35H,1,17,19-22H2/q+1/t24-,25-,31+,32+,34+/m0/s1. The number of pyridine rings is 1. The van der Waals surface area contributed by atoms with E-state index >= 15 is 0 Å². The van der Waals surface area contributed by atoms with E-state index in [4.69, 9.17) is 4.18 Å². The Bertz CT molecular complexity index is 1580. The maximum absolute atomic E-state index is 12.8. The highest BCUT2D eigenvalue weighted by molar-refractivity contribution is 7.87. The van der Waals surface area contributed by atoms with Gasteiger partial charge in [0.25, 0.3) is 0 Å². The number of quaternary nitrogens is 1. The molecule has 0 amide bonds. The summed E-state index contributed by atoms with van der Waals surface area (Å²) in [6, 6.07) is 25.5. The van der Waals surface area contributed by atoms with Crippen molar-refractivity contribution in [2.24, 2.45) is 11.8 Å². The second-order valence-corrected chi connectivity index (χ2v) is 12.4. The van der Waals surface area contributed by atoms with Crippen LogP contribution in [-0.4, -0.2) is 42.1 Å². The molecule has 0 radical (unpaired) electrons. The molecule has 2 bridgehead atoms. The zero-order valence-electron chi connectivity index (χ0n) is 21.8. The lowest BCUT2D eigenvalue weighted by Gasteiger charge is -2.58. The molecule has 3 aromatic carbocycles. The van der Waals surface area contributed by atoms with Crippen molar-refractivity contribution in [3.63, 3.8) is 0 Å². The maximum atomic E-state index is 12.8. The van der Waals surface area contributed by atoms with Crippen molar-refractivity contribution < 1.29 is 22.2 Å². The SMILES string of the molecule is C=C[C@H]1C[N@+]2(Cc3ccc(S(=O)(=O)Oc4ccccc4)cc3)CC[C@H]1C[C@@H]2[C@H](O)c1ccnc2ccccc12. The minimum atomic E-state index is -3.93. The van der Waals surface area contributed by atoms with Crippen molar-refractivity contribution >= 4 is 21.0 Å². The van der Waals surface area contributed by atoms with Crippen LogP contribution in [0.25, 0.3) is 10.9 Å². The van der Waals surface area contributed by atoms with E-state index in [1.807, 2.05) is 48.5 Å². The van der Waals surface area contributed by atoms with Crippen LogP contribution in [-0.2, 0) is 16.7 Å². The molecular formula is C32H33N2O4S+. The number of hydrogen-bond acceptors (Lipinski definition) is 5. The number of piperidine rings is 3. The molecule has 7 rings (SSSR count). The van der Waals surface area contributed by atoms with Gasteiger partial charge in [-0.2, -0.15) is 8.42 Å². The van der Waals surface area contributed by atoms with E-state index in [2.05, 4.69) is 17.6 Å². The quantitative estimate of drug-likeness (QED) is 0.177. The predicted octanol–water partition coefficient (Wildman–Crippen LogP) is 5.65. The van der Waals surface area contributed by atoms with E-state index in [-0.39, 0.29) is 16.7 Å². The summed E-state index contributed by atoms with van der Waals surface area (Å²) in [6.07, 6.45) is 5.24. The molecule has 4 heterocycles. The predicted molar refractivity (Wildman–Crippen MR) is 151 cm³/mol. The fourth-order valence-corrected chi connectivity index (χ4v) is 7.67. The molecule has 39 heavy (non-hydrogen) atoms. The Morgan fingerprint density at radius 3 is 2.54 bits per heavy atom. The van der Waals surface area contributed by atoms with E-state index in [1.54, 1.807) is 42.6 Å². The van der Waals surface area contributed by atoms with Crippen LogP contribution >= 0.6 is 0 Å². The summed E-state index contributed by atoms with van der Waals surface area (Å²) in [6.45, 7) is 6.71. The fraction of sp³-hybridized carbons (Fsp3) is 0.281. The molecule has 3 aliphatic heterocycles. The van der Waals surface area contributed by atoms with Gasteiger partial charge in [0.15, 0.2) is 0 Å². The van der Waals surface area contributed by atoms with Gasteiger partial charge in [-0.15, -0.1) is 6.58 Å². The summed E-state index contributed by atoms with van der Waals surface area (Å²) in [5.41, 5.74) is 2.84. The normalized spacial score (nSPS) is 25.3. The number of fused-ring (bicyclic) bond motifs is 4. The minimum absolute atomic E-state index is 0.0237. The number of aliphatic hydroxyl groups is 1. The summed E-state index contributed by atoms with van der Waals surface area (Å²) < 4.78 is 31.7. The van der Waals surface area contributed by atoms with Crippen LogP contribution in [0.2, 0.25) is 0 Å². The molecule has 6 nitrogen and oxygen atoms in total. The van der Waals surface area contributed by atoms with E-state index in [1.165, 1.54) is 0 Å². The molecule has 0 unspecified atom stereocenters. The van der Waals surface area contributed by atoms with Gasteiger partial charge < -0.3 is 13.8 Å². The smallest absolute Gasteiger partial charge is 0.339 e. The Kier molecular flexibility index (Phi) is 6.75. The van der Waals surface area contributed by atoms with Crippen molar-refractivity contribution in [3.8, 4) is 5.75 Å². The molecule has 4 aromatic rings. The van der Waals surface area contributed by atoms with Gasteiger partial charge in [-0.25, -0.2) is 0 Å². The Hall–Kier alpha value is -3.52. The van der Waals surface area contributed by atoms with Gasteiger partial charge >= 0.3 is 10.1 Å². The molecule has 0 spiro atoms. The number of aliphatic hydroxyl groups excluding tert-OH is 1. The summed E-state index contributed by atoms with van der Waals surface area (Å²) in [7, 11) is -3.93. The molecule has 200 valence electrons. The van der Waals surface area contributed by atoms with Gasteiger partial charge in [-0.1, -0.05) is 54.6 Å². The highest BCUT2D eigenvalue weighted by Gasteiger charge is 2.54. The molecular weight excluding hydrogens is 508 g/mol. The van der Waals surface area contributed by atoms with E-state index in [0.717, 1.165) is 52.4 Å². The maximum Gasteiger partial charge on any atom is 0.339 e. The van der Waals surface area contributed by atoms with Crippen LogP contribution in [0.1, 0.15) is 30.1 Å². The van der Waals surface area contributed by atoms with E-state index in [0.29, 0.717) is 18.4 Å². The number of para-hydroxylation sites is 2. The lowest BCUT2D eigenvalue weighted by molar-refractivity contribution is -0.984. The lowest BCUT2D eigenvalue weighted by atomic mass is 9.71. The molecule has 0 aliphatic carbocycles. The summed E-state index contributed by atoms with van der Waals surface area (Å²) >= 11 is 0. The number of nitrogens with zero attached hydrogens (tertiary/aromatic N) is 2. The Labute approximate surface area is 229 Å². The third-order valence-corrected chi connectivity index (χ3v) is 9.96. The van der Waals surface area contributed by atoms with Crippen LogP contribution in [0.4, 0.5) is 0 Å². The number of hydrogen-bond donors (Lipinski definition) is 1. The third kappa shape index (κ3) is 4.86. The van der Waals surface area contributed by atoms with Crippen LogP contribution < -0.4 is 4.18 Å². The molecule has 0 saturated carbocycles. The largest absolute Gasteiger partial charge is 0.382 e. The highest BCUT2D eigenvalue weighted by Crippen LogP contribution is 2.48. The fourth-order valence-electron chi connectivity index (χ4n) is 6.74. The molecule has 5 atom stereocenters. The first-order valence-electron chi connectivity index (χ1n) is 13.5. The summed E-state index contributed by atoms with van der Waals surface area (Å²) in [4.78, 5) is 4.61. The number of aromatic nitrogens is 1.